The topological polar surface area (TPSA) is 60.5 Å². The SMILES string of the molecule is CCOc1ccc(NC(C(=O)OC)C2CC2)cn1. The van der Waals surface area contributed by atoms with Crippen LogP contribution in [0.25, 0.3) is 0 Å². The van der Waals surface area contributed by atoms with Crippen LogP contribution < -0.4 is 10.1 Å². The van der Waals surface area contributed by atoms with Crippen LogP contribution in [-0.2, 0) is 9.53 Å². The molecule has 0 spiro atoms. The minimum Gasteiger partial charge on any atom is -0.478 e. The summed E-state index contributed by atoms with van der Waals surface area (Å²) in [7, 11) is 1.41. The van der Waals surface area contributed by atoms with Gasteiger partial charge in [0.15, 0.2) is 0 Å². The van der Waals surface area contributed by atoms with E-state index in [1.54, 1.807) is 12.3 Å². The van der Waals surface area contributed by atoms with Crippen molar-refractivity contribution in [2.24, 2.45) is 5.92 Å². The van der Waals surface area contributed by atoms with Crippen molar-refractivity contribution in [3.63, 3.8) is 0 Å². The number of rotatable bonds is 6. The average molecular weight is 250 g/mol. The van der Waals surface area contributed by atoms with E-state index in [1.165, 1.54) is 7.11 Å². The summed E-state index contributed by atoms with van der Waals surface area (Å²) in [4.78, 5) is 15.8. The Bertz CT molecular complexity index is 401. The fraction of sp³-hybridized carbons (Fsp3) is 0.538. The van der Waals surface area contributed by atoms with Crippen LogP contribution >= 0.6 is 0 Å². The molecular formula is C13H18N2O3. The van der Waals surface area contributed by atoms with Crippen molar-refractivity contribution in [1.82, 2.24) is 4.98 Å². The largest absolute Gasteiger partial charge is 0.478 e. The smallest absolute Gasteiger partial charge is 0.328 e. The molecule has 0 radical (unpaired) electrons. The number of aromatic nitrogens is 1. The fourth-order valence-corrected chi connectivity index (χ4v) is 1.80. The number of nitrogens with one attached hydrogen (secondary N) is 1. The fourth-order valence-electron chi connectivity index (χ4n) is 1.80. The summed E-state index contributed by atoms with van der Waals surface area (Å²) in [6, 6.07) is 3.37. The second-order valence-corrected chi connectivity index (χ2v) is 4.30. The Morgan fingerprint density at radius 3 is 2.83 bits per heavy atom. The summed E-state index contributed by atoms with van der Waals surface area (Å²) in [5.41, 5.74) is 0.806. The number of carbonyl (C=O) groups is 1. The highest BCUT2D eigenvalue weighted by Crippen LogP contribution is 2.34. The number of hydrogen-bond donors (Lipinski definition) is 1. The lowest BCUT2D eigenvalue weighted by Gasteiger charge is -2.16. The van der Waals surface area contributed by atoms with E-state index in [4.69, 9.17) is 9.47 Å². The predicted molar refractivity (Wildman–Crippen MR) is 67.6 cm³/mol. The molecule has 1 N–H and O–H groups in total. The van der Waals surface area contributed by atoms with Crippen LogP contribution in [-0.4, -0.2) is 30.7 Å². The molecule has 1 heterocycles. The van der Waals surface area contributed by atoms with Gasteiger partial charge < -0.3 is 14.8 Å². The monoisotopic (exact) mass is 250 g/mol. The zero-order valence-electron chi connectivity index (χ0n) is 10.7. The Labute approximate surface area is 107 Å². The molecule has 0 bridgehead atoms. The summed E-state index contributed by atoms with van der Waals surface area (Å²) in [5, 5.41) is 3.17. The van der Waals surface area contributed by atoms with E-state index in [-0.39, 0.29) is 12.0 Å². The van der Waals surface area contributed by atoms with Gasteiger partial charge in [-0.2, -0.15) is 0 Å². The van der Waals surface area contributed by atoms with E-state index >= 15 is 0 Å². The molecule has 1 saturated carbocycles. The van der Waals surface area contributed by atoms with E-state index in [1.807, 2.05) is 13.0 Å². The van der Waals surface area contributed by atoms with Gasteiger partial charge in [-0.3, -0.25) is 0 Å². The van der Waals surface area contributed by atoms with E-state index in [9.17, 15) is 4.79 Å². The summed E-state index contributed by atoms with van der Waals surface area (Å²) < 4.78 is 10.1. The number of ether oxygens (including phenoxy) is 2. The number of nitrogens with zero attached hydrogens (tertiary/aromatic N) is 1. The molecule has 1 unspecified atom stereocenters. The van der Waals surface area contributed by atoms with Gasteiger partial charge in [0.05, 0.1) is 25.6 Å². The third-order valence-corrected chi connectivity index (χ3v) is 2.90. The van der Waals surface area contributed by atoms with Crippen molar-refractivity contribution >= 4 is 11.7 Å². The van der Waals surface area contributed by atoms with Crippen LogP contribution in [0.4, 0.5) is 5.69 Å². The van der Waals surface area contributed by atoms with E-state index in [0.29, 0.717) is 18.4 Å². The molecule has 5 nitrogen and oxygen atoms in total. The lowest BCUT2D eigenvalue weighted by molar-refractivity contribution is -0.142. The first-order chi connectivity index (χ1) is 8.74. The number of anilines is 1. The molecule has 0 aliphatic heterocycles. The number of carbonyl (C=O) groups excluding carboxylic acids is 1. The first-order valence-electron chi connectivity index (χ1n) is 6.17. The molecule has 1 aliphatic carbocycles. The Balaban J connectivity index is 2.00. The lowest BCUT2D eigenvalue weighted by atomic mass is 10.2. The second-order valence-electron chi connectivity index (χ2n) is 4.30. The van der Waals surface area contributed by atoms with E-state index in [2.05, 4.69) is 10.3 Å². The molecule has 1 aromatic rings. The van der Waals surface area contributed by atoms with Gasteiger partial charge in [0, 0.05) is 6.07 Å². The van der Waals surface area contributed by atoms with Gasteiger partial charge in [-0.15, -0.1) is 0 Å². The van der Waals surface area contributed by atoms with Gasteiger partial charge in [-0.25, -0.2) is 9.78 Å². The zero-order valence-corrected chi connectivity index (χ0v) is 10.7. The third kappa shape index (κ3) is 3.12. The molecule has 1 atom stereocenters. The van der Waals surface area contributed by atoms with Gasteiger partial charge in [0.25, 0.3) is 0 Å². The van der Waals surface area contributed by atoms with Crippen LogP contribution in [0.1, 0.15) is 19.8 Å². The Morgan fingerprint density at radius 1 is 1.56 bits per heavy atom. The number of pyridine rings is 1. The van der Waals surface area contributed by atoms with Crippen molar-refractivity contribution in [1.29, 1.82) is 0 Å². The summed E-state index contributed by atoms with van der Waals surface area (Å²) in [5.74, 6) is 0.750. The lowest BCUT2D eigenvalue weighted by Crippen LogP contribution is -2.32. The van der Waals surface area contributed by atoms with Gasteiger partial charge in [-0.1, -0.05) is 0 Å². The molecule has 18 heavy (non-hydrogen) atoms. The van der Waals surface area contributed by atoms with Crippen LogP contribution in [0.5, 0.6) is 5.88 Å². The first-order valence-corrected chi connectivity index (χ1v) is 6.17. The average Bonchev–Trinajstić information content (AvgIpc) is 3.21. The molecule has 1 aromatic heterocycles. The molecule has 0 amide bonds. The van der Waals surface area contributed by atoms with E-state index in [0.717, 1.165) is 18.5 Å². The number of esters is 1. The summed E-state index contributed by atoms with van der Waals surface area (Å²) in [6.07, 6.45) is 3.80. The second kappa shape index (κ2) is 5.71. The highest BCUT2D eigenvalue weighted by molar-refractivity contribution is 5.80. The number of hydrogen-bond acceptors (Lipinski definition) is 5. The van der Waals surface area contributed by atoms with Gasteiger partial charge in [0.1, 0.15) is 6.04 Å². The van der Waals surface area contributed by atoms with Crippen molar-refractivity contribution in [2.75, 3.05) is 19.0 Å². The Morgan fingerprint density at radius 2 is 2.33 bits per heavy atom. The maximum atomic E-state index is 11.6. The molecule has 1 fully saturated rings. The van der Waals surface area contributed by atoms with Crippen molar-refractivity contribution in [3.05, 3.63) is 18.3 Å². The van der Waals surface area contributed by atoms with Crippen LogP contribution in [0.3, 0.4) is 0 Å². The van der Waals surface area contributed by atoms with Crippen molar-refractivity contribution in [3.8, 4) is 5.88 Å². The summed E-state index contributed by atoms with van der Waals surface area (Å²) >= 11 is 0. The quantitative estimate of drug-likeness (QED) is 0.781. The van der Waals surface area contributed by atoms with E-state index < -0.39 is 0 Å². The molecule has 0 saturated heterocycles. The van der Waals surface area contributed by atoms with Gasteiger partial charge in [-0.05, 0) is 31.7 Å². The van der Waals surface area contributed by atoms with Crippen molar-refractivity contribution in [2.45, 2.75) is 25.8 Å². The minimum atomic E-state index is -0.269. The number of methoxy groups -OCH3 is 1. The summed E-state index contributed by atoms with van der Waals surface area (Å²) in [6.45, 7) is 2.50. The molecule has 2 rings (SSSR count). The predicted octanol–water partition coefficient (Wildman–Crippen LogP) is 1.84. The van der Waals surface area contributed by atoms with Crippen molar-refractivity contribution < 1.29 is 14.3 Å². The van der Waals surface area contributed by atoms with Gasteiger partial charge >= 0.3 is 5.97 Å². The zero-order chi connectivity index (χ0) is 13.0. The molecular weight excluding hydrogens is 232 g/mol. The third-order valence-electron chi connectivity index (χ3n) is 2.90. The molecule has 1 aliphatic rings. The normalized spacial score (nSPS) is 15.9. The van der Waals surface area contributed by atoms with Gasteiger partial charge in [0.2, 0.25) is 5.88 Å². The Kier molecular flexibility index (Phi) is 4.02. The van der Waals surface area contributed by atoms with Crippen LogP contribution in [0.2, 0.25) is 0 Å². The van der Waals surface area contributed by atoms with Crippen LogP contribution in [0.15, 0.2) is 18.3 Å². The highest BCUT2D eigenvalue weighted by Gasteiger charge is 2.36. The standard InChI is InChI=1S/C13H18N2O3/c1-3-18-11-7-6-10(8-14-11)15-12(9-4-5-9)13(16)17-2/h6-9,12,15H,3-5H2,1-2H3. The maximum Gasteiger partial charge on any atom is 0.328 e. The molecule has 98 valence electrons. The first kappa shape index (κ1) is 12.7. The Hall–Kier alpha value is -1.78. The van der Waals surface area contributed by atoms with Crippen LogP contribution in [0, 0.1) is 5.92 Å². The molecule has 0 aromatic carbocycles. The minimum absolute atomic E-state index is 0.216. The highest BCUT2D eigenvalue weighted by atomic mass is 16.5. The maximum absolute atomic E-state index is 11.6. The molecule has 5 heteroatoms.